The third-order valence-corrected chi connectivity index (χ3v) is 0.932. The highest BCUT2D eigenvalue weighted by Crippen LogP contribution is 1.71. The van der Waals surface area contributed by atoms with Gasteiger partial charge in [0.05, 0.1) is 0 Å². The van der Waals surface area contributed by atoms with Gasteiger partial charge in [-0.25, -0.2) is 0 Å². The maximum atomic E-state index is 7.57. The molecule has 0 bridgehead atoms. The second-order valence-electron chi connectivity index (χ2n) is 1.55. The Morgan fingerprint density at radius 3 is 1.90 bits per heavy atom. The van der Waals surface area contributed by atoms with Gasteiger partial charge in [0.15, 0.2) is 12.4 Å². The minimum Gasteiger partial charge on any atom is -0.427 e. The summed E-state index contributed by atoms with van der Waals surface area (Å²) in [5.74, 6) is 0. The smallest absolute Gasteiger partial charge is 0.153 e. The summed E-state index contributed by atoms with van der Waals surface area (Å²) in [6.07, 6.45) is 3.63. The van der Waals surface area contributed by atoms with Crippen LogP contribution in [0.1, 0.15) is 6.92 Å². The largest absolute Gasteiger partial charge is 0.427 e. The monoisotopic (exact) mass is 157 g/mol. The molecule has 1 heterocycles. The summed E-state index contributed by atoms with van der Waals surface area (Å²) in [7, 11) is 0. The van der Waals surface area contributed by atoms with E-state index in [9.17, 15) is 0 Å². The Kier molecular flexibility index (Phi) is 6.02. The van der Waals surface area contributed by atoms with E-state index in [1.807, 2.05) is 30.6 Å². The number of pyridine rings is 1. The summed E-state index contributed by atoms with van der Waals surface area (Å²) in [4.78, 5) is 0. The zero-order chi connectivity index (χ0) is 7.82. The van der Waals surface area contributed by atoms with Gasteiger partial charge < -0.3 is 21.9 Å². The molecule has 0 aliphatic rings. The summed E-state index contributed by atoms with van der Waals surface area (Å²) in [5.41, 5.74) is 0. The lowest BCUT2D eigenvalue weighted by Crippen LogP contribution is -2.23. The number of hydrogen-bond donors (Lipinski definition) is 1. The van der Waals surface area contributed by atoms with Crippen LogP contribution in [-0.4, -0.2) is 11.7 Å². The first-order valence-corrected chi connectivity index (χ1v) is 3.42. The van der Waals surface area contributed by atoms with Gasteiger partial charge in [0, 0.05) is 18.7 Å². The molecule has 0 atom stereocenters. The highest BCUT2D eigenvalue weighted by Gasteiger charge is 1.72. The zero-order valence-electron chi connectivity index (χ0n) is 5.90. The normalized spacial score (nSPS) is 7.80. The van der Waals surface area contributed by atoms with Crippen molar-refractivity contribution in [1.29, 1.82) is 0 Å². The molecule has 0 fully saturated rings. The highest BCUT2D eigenvalue weighted by molar-refractivity contribution is 7.50. The van der Waals surface area contributed by atoms with Gasteiger partial charge in [-0.1, -0.05) is 6.07 Å². The second kappa shape index (κ2) is 6.45. The molecule has 0 aliphatic carbocycles. The van der Waals surface area contributed by atoms with E-state index in [1.54, 1.807) is 10.9 Å². The average molecular weight is 157 g/mol. The van der Waals surface area contributed by atoms with Crippen molar-refractivity contribution in [3.05, 3.63) is 30.6 Å². The molecule has 1 aromatic rings. The molecule has 0 unspecified atom stereocenters. The average Bonchev–Trinajstić information content (AvgIpc) is 1.91. The first-order chi connectivity index (χ1) is 4.81. The van der Waals surface area contributed by atoms with Crippen LogP contribution in [0.5, 0.6) is 0 Å². The fourth-order valence-electron chi connectivity index (χ4n) is 0.383. The number of aromatic nitrogens is 1. The number of rotatable bonds is 0. The molecule has 0 aliphatic heterocycles. The summed E-state index contributed by atoms with van der Waals surface area (Å²) in [6.45, 7) is 1.93. The third kappa shape index (κ3) is 5.47. The number of aliphatic hydroxyl groups excluding tert-OH is 1. The van der Waals surface area contributed by atoms with Gasteiger partial charge in [0.25, 0.3) is 0 Å². The molecule has 0 amide bonds. The van der Waals surface area contributed by atoms with Crippen molar-refractivity contribution in [3.8, 4) is 0 Å². The molecule has 0 radical (unpaired) electrons. The van der Waals surface area contributed by atoms with Crippen LogP contribution in [0.4, 0.5) is 0 Å². The Morgan fingerprint density at radius 1 is 1.30 bits per heavy atom. The Morgan fingerprint density at radius 2 is 1.70 bits per heavy atom. The van der Waals surface area contributed by atoms with E-state index in [4.69, 9.17) is 17.9 Å². The first kappa shape index (κ1) is 9.33. The molecule has 10 heavy (non-hydrogen) atoms. The maximum absolute atomic E-state index is 7.57. The van der Waals surface area contributed by atoms with E-state index in [0.29, 0.717) is 0 Å². The fraction of sp³-hybridized carbons (Fsp3) is 0.286. The van der Waals surface area contributed by atoms with Gasteiger partial charge in [-0.15, -0.1) is 0 Å². The van der Waals surface area contributed by atoms with E-state index in [0.717, 1.165) is 0 Å². The summed E-state index contributed by atoms with van der Waals surface area (Å²) in [6, 6.07) is 5.72. The van der Waals surface area contributed by atoms with E-state index in [2.05, 4.69) is 0 Å². The van der Waals surface area contributed by atoms with Gasteiger partial charge >= 0.3 is 0 Å². The van der Waals surface area contributed by atoms with Crippen LogP contribution in [0.2, 0.25) is 0 Å². The predicted octanol–water partition coefficient (Wildman–Crippen LogP) is 0.283. The SMILES string of the molecule is CCO.[S-][n+]1ccccc1. The van der Waals surface area contributed by atoms with Crippen LogP contribution < -0.4 is 3.97 Å². The van der Waals surface area contributed by atoms with Crippen molar-refractivity contribution in [2.75, 3.05) is 6.61 Å². The van der Waals surface area contributed by atoms with Crippen molar-refractivity contribution in [2.24, 2.45) is 0 Å². The molecule has 0 aromatic carbocycles. The third-order valence-electron chi connectivity index (χ3n) is 0.688. The lowest BCUT2D eigenvalue weighted by molar-refractivity contribution is -0.492. The summed E-state index contributed by atoms with van der Waals surface area (Å²) < 4.78 is 1.58. The molecule has 3 heteroatoms. The van der Waals surface area contributed by atoms with Gasteiger partial charge in [-0.3, -0.25) is 0 Å². The molecular formula is C7H11NOS. The Labute approximate surface area is 66.7 Å². The van der Waals surface area contributed by atoms with Crippen molar-refractivity contribution < 1.29 is 9.08 Å². The maximum Gasteiger partial charge on any atom is 0.153 e. The second-order valence-corrected chi connectivity index (χ2v) is 1.97. The Balaban J connectivity index is 0.000000236. The van der Waals surface area contributed by atoms with Crippen LogP contribution in [0, 0.1) is 0 Å². The molecule has 0 saturated carbocycles. The lowest BCUT2D eigenvalue weighted by atomic mass is 10.5. The number of nitrogens with zero attached hydrogens (tertiary/aromatic N) is 1. The molecular weight excluding hydrogens is 146 g/mol. The summed E-state index contributed by atoms with van der Waals surface area (Å²) >= 11 is 4.73. The van der Waals surface area contributed by atoms with E-state index in [-0.39, 0.29) is 6.61 Å². The minimum absolute atomic E-state index is 0.250. The highest BCUT2D eigenvalue weighted by atomic mass is 32.1. The first-order valence-electron chi connectivity index (χ1n) is 3.06. The van der Waals surface area contributed by atoms with Crippen LogP contribution in [0.3, 0.4) is 0 Å². The van der Waals surface area contributed by atoms with Gasteiger partial charge in [-0.2, -0.15) is 0 Å². The molecule has 0 spiro atoms. The van der Waals surface area contributed by atoms with Gasteiger partial charge in [0.1, 0.15) is 0 Å². The quantitative estimate of drug-likeness (QED) is 0.432. The topological polar surface area (TPSA) is 24.1 Å². The zero-order valence-corrected chi connectivity index (χ0v) is 6.71. The molecule has 1 aromatic heterocycles. The van der Waals surface area contributed by atoms with Crippen LogP contribution in [0.15, 0.2) is 30.6 Å². The van der Waals surface area contributed by atoms with Crippen molar-refractivity contribution in [1.82, 2.24) is 0 Å². The van der Waals surface area contributed by atoms with Gasteiger partial charge in [-0.05, 0) is 6.92 Å². The van der Waals surface area contributed by atoms with Crippen molar-refractivity contribution >= 4 is 12.8 Å². The van der Waals surface area contributed by atoms with Crippen LogP contribution in [0.25, 0.3) is 0 Å². The predicted molar refractivity (Wildman–Crippen MR) is 42.2 cm³/mol. The molecule has 56 valence electrons. The van der Waals surface area contributed by atoms with Gasteiger partial charge in [0.2, 0.25) is 0 Å². The van der Waals surface area contributed by atoms with E-state index >= 15 is 0 Å². The molecule has 0 saturated heterocycles. The van der Waals surface area contributed by atoms with E-state index < -0.39 is 0 Å². The Hall–Kier alpha value is -0.670. The van der Waals surface area contributed by atoms with E-state index in [1.165, 1.54) is 0 Å². The minimum atomic E-state index is 0.250. The lowest BCUT2D eigenvalue weighted by Gasteiger charge is -1.89. The number of hydrogen-bond acceptors (Lipinski definition) is 2. The van der Waals surface area contributed by atoms with Crippen molar-refractivity contribution in [3.63, 3.8) is 0 Å². The number of aliphatic hydroxyl groups is 1. The summed E-state index contributed by atoms with van der Waals surface area (Å²) in [5, 5.41) is 7.57. The molecule has 2 nitrogen and oxygen atoms in total. The van der Waals surface area contributed by atoms with Crippen molar-refractivity contribution in [2.45, 2.75) is 6.92 Å². The Bertz CT molecular complexity index is 155. The standard InChI is InChI=1S/C5H5NS.C2H6O/c7-6-4-2-1-3-5-6;1-2-3/h1-5H;3H,2H2,1H3. The molecule has 1 rings (SSSR count). The van der Waals surface area contributed by atoms with Crippen LogP contribution >= 0.6 is 0 Å². The van der Waals surface area contributed by atoms with Crippen LogP contribution in [-0.2, 0) is 12.8 Å². The molecule has 1 N–H and O–H groups in total. The fourth-order valence-corrected chi connectivity index (χ4v) is 0.523.